The number of hydrogen-bond acceptors (Lipinski definition) is 6. The van der Waals surface area contributed by atoms with Crippen LogP contribution in [0.5, 0.6) is 5.75 Å². The Morgan fingerprint density at radius 2 is 1.65 bits per heavy atom. The largest absolute Gasteiger partial charge is 0.478 e. The highest BCUT2D eigenvalue weighted by molar-refractivity contribution is 5.85. The number of anilines is 1. The van der Waals surface area contributed by atoms with E-state index in [1.165, 1.54) is 13.8 Å². The Hall–Kier alpha value is -3.91. The number of carboxylic acid groups (broad SMARTS) is 1. The molecule has 0 aliphatic heterocycles. The molecule has 0 saturated carbocycles. The van der Waals surface area contributed by atoms with Gasteiger partial charge in [-0.05, 0) is 62.1 Å². The molecule has 0 radical (unpaired) electrons. The van der Waals surface area contributed by atoms with E-state index in [1.54, 1.807) is 12.1 Å². The van der Waals surface area contributed by atoms with Crippen molar-refractivity contribution in [3.63, 3.8) is 0 Å². The molecule has 4 aromatic rings. The SMILES string of the molecule is CCc1cnc(N(CCc2ccc(OC(C)(C)C(=O)O)cc2)Cc2cnn(-c3ccccc3)c2)nc1.Cl. The van der Waals surface area contributed by atoms with Crippen molar-refractivity contribution in [1.82, 2.24) is 19.7 Å². The van der Waals surface area contributed by atoms with Gasteiger partial charge in [0.05, 0.1) is 11.9 Å². The van der Waals surface area contributed by atoms with Crippen LogP contribution in [-0.2, 0) is 24.2 Å². The molecule has 0 unspecified atom stereocenters. The van der Waals surface area contributed by atoms with E-state index in [-0.39, 0.29) is 12.4 Å². The lowest BCUT2D eigenvalue weighted by atomic mass is 10.1. The van der Waals surface area contributed by atoms with E-state index in [0.717, 1.165) is 35.2 Å². The summed E-state index contributed by atoms with van der Waals surface area (Å²) in [6, 6.07) is 17.5. The van der Waals surface area contributed by atoms with Gasteiger partial charge in [-0.2, -0.15) is 5.10 Å². The van der Waals surface area contributed by atoms with Crippen LogP contribution in [0.1, 0.15) is 37.5 Å². The first-order valence-corrected chi connectivity index (χ1v) is 12.0. The highest BCUT2D eigenvalue weighted by Crippen LogP contribution is 2.21. The van der Waals surface area contributed by atoms with Gasteiger partial charge in [-0.15, -0.1) is 12.4 Å². The van der Waals surface area contributed by atoms with E-state index in [0.29, 0.717) is 24.8 Å². The van der Waals surface area contributed by atoms with Gasteiger partial charge in [-0.1, -0.05) is 37.3 Å². The first kappa shape index (κ1) is 27.7. The van der Waals surface area contributed by atoms with Crippen LogP contribution >= 0.6 is 12.4 Å². The molecule has 0 spiro atoms. The molecule has 8 nitrogen and oxygen atoms in total. The minimum Gasteiger partial charge on any atom is -0.478 e. The van der Waals surface area contributed by atoms with E-state index in [2.05, 4.69) is 26.9 Å². The van der Waals surface area contributed by atoms with E-state index in [4.69, 9.17) is 4.74 Å². The lowest BCUT2D eigenvalue weighted by molar-refractivity contribution is -0.152. The second-order valence-corrected chi connectivity index (χ2v) is 9.11. The van der Waals surface area contributed by atoms with Crippen LogP contribution in [0.3, 0.4) is 0 Å². The summed E-state index contributed by atoms with van der Waals surface area (Å²) in [5, 5.41) is 13.8. The van der Waals surface area contributed by atoms with Crippen LogP contribution in [0.25, 0.3) is 5.69 Å². The van der Waals surface area contributed by atoms with Gasteiger partial charge < -0.3 is 14.7 Å². The van der Waals surface area contributed by atoms with E-state index in [1.807, 2.05) is 71.9 Å². The van der Waals surface area contributed by atoms with Crippen LogP contribution in [0.2, 0.25) is 0 Å². The second kappa shape index (κ2) is 12.4. The Morgan fingerprint density at radius 1 is 0.973 bits per heavy atom. The summed E-state index contributed by atoms with van der Waals surface area (Å²) in [5.41, 5.74) is 2.97. The van der Waals surface area contributed by atoms with Crippen molar-refractivity contribution < 1.29 is 14.6 Å². The van der Waals surface area contributed by atoms with Crippen molar-refractivity contribution in [1.29, 1.82) is 0 Å². The summed E-state index contributed by atoms with van der Waals surface area (Å²) in [6.07, 6.45) is 9.29. The molecular weight excluding hydrogens is 490 g/mol. The van der Waals surface area contributed by atoms with Crippen molar-refractivity contribution in [3.8, 4) is 11.4 Å². The minimum atomic E-state index is -1.29. The third kappa shape index (κ3) is 7.30. The summed E-state index contributed by atoms with van der Waals surface area (Å²) in [7, 11) is 0. The standard InChI is InChI=1S/C28H31N5O3.ClH/c1-4-21-16-29-27(30-17-21)32(19-23-18-31-33(20-23)24-8-6-5-7-9-24)15-14-22-10-12-25(13-11-22)36-28(2,3)26(34)35;/h5-13,16-18,20H,4,14-15,19H2,1-3H3,(H,34,35);1H. The Bertz CT molecular complexity index is 1280. The van der Waals surface area contributed by atoms with Crippen LogP contribution in [0, 0.1) is 0 Å². The first-order valence-electron chi connectivity index (χ1n) is 12.0. The third-order valence-electron chi connectivity index (χ3n) is 5.89. The Balaban J connectivity index is 0.00000380. The maximum Gasteiger partial charge on any atom is 0.347 e. The minimum absolute atomic E-state index is 0. The fourth-order valence-electron chi connectivity index (χ4n) is 3.65. The van der Waals surface area contributed by atoms with Gasteiger partial charge in [-0.3, -0.25) is 0 Å². The number of aromatic nitrogens is 4. The first-order chi connectivity index (χ1) is 17.3. The van der Waals surface area contributed by atoms with Crippen molar-refractivity contribution in [3.05, 3.63) is 96.1 Å². The fraction of sp³-hybridized carbons (Fsp3) is 0.286. The Kier molecular flexibility index (Phi) is 9.25. The lowest BCUT2D eigenvalue weighted by Crippen LogP contribution is -2.37. The Labute approximate surface area is 223 Å². The normalized spacial score (nSPS) is 11.0. The number of ether oxygens (including phenoxy) is 1. The number of carboxylic acids is 1. The number of rotatable bonds is 11. The zero-order valence-corrected chi connectivity index (χ0v) is 22.1. The quantitative estimate of drug-likeness (QED) is 0.292. The summed E-state index contributed by atoms with van der Waals surface area (Å²) in [4.78, 5) is 22.7. The van der Waals surface area contributed by atoms with Crippen LogP contribution in [-0.4, -0.2) is 43.0 Å². The van der Waals surface area contributed by atoms with Gasteiger partial charge in [0.15, 0.2) is 5.60 Å². The molecule has 2 aromatic carbocycles. The summed E-state index contributed by atoms with van der Waals surface area (Å²) in [5.74, 6) is 0.185. The summed E-state index contributed by atoms with van der Waals surface area (Å²) >= 11 is 0. The molecule has 1 N–H and O–H groups in total. The third-order valence-corrected chi connectivity index (χ3v) is 5.89. The number of benzene rings is 2. The molecule has 9 heteroatoms. The molecule has 0 saturated heterocycles. The van der Waals surface area contributed by atoms with Gasteiger partial charge in [0.1, 0.15) is 5.75 Å². The summed E-state index contributed by atoms with van der Waals surface area (Å²) < 4.78 is 7.48. The fourth-order valence-corrected chi connectivity index (χ4v) is 3.65. The molecular formula is C28H32ClN5O3. The monoisotopic (exact) mass is 521 g/mol. The number of para-hydroxylation sites is 1. The number of nitrogens with zero attached hydrogens (tertiary/aromatic N) is 5. The van der Waals surface area contributed by atoms with Crippen LogP contribution in [0.4, 0.5) is 5.95 Å². The van der Waals surface area contributed by atoms with Crippen molar-refractivity contribution in [2.24, 2.45) is 0 Å². The van der Waals surface area contributed by atoms with Gasteiger partial charge >= 0.3 is 5.97 Å². The molecule has 2 heterocycles. The highest BCUT2D eigenvalue weighted by atomic mass is 35.5. The van der Waals surface area contributed by atoms with E-state index < -0.39 is 11.6 Å². The molecule has 0 fully saturated rings. The van der Waals surface area contributed by atoms with Crippen molar-refractivity contribution in [2.75, 3.05) is 11.4 Å². The van der Waals surface area contributed by atoms with E-state index in [9.17, 15) is 9.90 Å². The Morgan fingerprint density at radius 3 is 2.27 bits per heavy atom. The van der Waals surface area contributed by atoms with Gasteiger partial charge in [-0.25, -0.2) is 19.4 Å². The summed E-state index contributed by atoms with van der Waals surface area (Å²) in [6.45, 7) is 6.46. The maximum absolute atomic E-state index is 11.3. The van der Waals surface area contributed by atoms with Crippen LogP contribution in [0.15, 0.2) is 79.4 Å². The molecule has 0 aliphatic carbocycles. The predicted octanol–water partition coefficient (Wildman–Crippen LogP) is 5.14. The number of halogens is 1. The molecule has 37 heavy (non-hydrogen) atoms. The molecule has 194 valence electrons. The van der Waals surface area contributed by atoms with Crippen LogP contribution < -0.4 is 9.64 Å². The zero-order chi connectivity index (χ0) is 25.5. The number of aryl methyl sites for hydroxylation is 1. The molecule has 0 atom stereocenters. The average Bonchev–Trinajstić information content (AvgIpc) is 3.36. The number of aliphatic carboxylic acids is 1. The smallest absolute Gasteiger partial charge is 0.347 e. The lowest BCUT2D eigenvalue weighted by Gasteiger charge is -2.23. The maximum atomic E-state index is 11.3. The number of hydrogen-bond donors (Lipinski definition) is 1. The van der Waals surface area contributed by atoms with E-state index >= 15 is 0 Å². The molecule has 0 aliphatic rings. The van der Waals surface area contributed by atoms with Crippen molar-refractivity contribution >= 4 is 24.3 Å². The highest BCUT2D eigenvalue weighted by Gasteiger charge is 2.29. The van der Waals surface area contributed by atoms with Gasteiger partial charge in [0.25, 0.3) is 0 Å². The number of carbonyl (C=O) groups is 1. The van der Waals surface area contributed by atoms with Gasteiger partial charge in [0, 0.05) is 37.2 Å². The van der Waals surface area contributed by atoms with Crippen molar-refractivity contribution in [2.45, 2.75) is 45.8 Å². The van der Waals surface area contributed by atoms with Gasteiger partial charge in [0.2, 0.25) is 5.95 Å². The molecule has 4 rings (SSSR count). The predicted molar refractivity (Wildman–Crippen MR) is 146 cm³/mol. The topological polar surface area (TPSA) is 93.4 Å². The second-order valence-electron chi connectivity index (χ2n) is 9.11. The average molecular weight is 522 g/mol. The molecule has 0 amide bonds. The zero-order valence-electron chi connectivity index (χ0n) is 21.2. The molecule has 0 bridgehead atoms. The molecule has 2 aromatic heterocycles.